The molecule has 4 heteroatoms. The van der Waals surface area contributed by atoms with Crippen LogP contribution in [0.2, 0.25) is 5.02 Å². The molecule has 0 aliphatic rings. The summed E-state index contributed by atoms with van der Waals surface area (Å²) in [6, 6.07) is 4.99. The van der Waals surface area contributed by atoms with E-state index in [0.717, 1.165) is 5.56 Å². The smallest absolute Gasteiger partial charge is 0.248 e. The molecule has 14 heavy (non-hydrogen) atoms. The summed E-state index contributed by atoms with van der Waals surface area (Å²) in [4.78, 5) is 11.1. The molecule has 1 amide bonds. The number of primary amides is 1. The molecule has 0 aliphatic heterocycles. The highest BCUT2D eigenvalue weighted by atomic mass is 35.5. The molecule has 0 radical (unpaired) electrons. The average molecular weight is 232 g/mol. The standard InChI is InChI=1S/C10H11Cl2NO/c1-6(11)4-7-5-8(12)2-3-9(7)10(13)14/h2-3,5-6H,4H2,1H3,(H2,13,14). The van der Waals surface area contributed by atoms with Crippen molar-refractivity contribution in [1.29, 1.82) is 0 Å². The summed E-state index contributed by atoms with van der Waals surface area (Å²) >= 11 is 11.7. The van der Waals surface area contributed by atoms with Gasteiger partial charge >= 0.3 is 0 Å². The summed E-state index contributed by atoms with van der Waals surface area (Å²) < 4.78 is 0. The van der Waals surface area contributed by atoms with Gasteiger partial charge in [-0.2, -0.15) is 0 Å². The Labute approximate surface area is 93.0 Å². The zero-order valence-corrected chi connectivity index (χ0v) is 9.27. The molecule has 0 heterocycles. The predicted octanol–water partition coefficient (Wildman–Crippen LogP) is 2.61. The van der Waals surface area contributed by atoms with E-state index in [2.05, 4.69) is 0 Å². The van der Waals surface area contributed by atoms with Crippen molar-refractivity contribution >= 4 is 29.1 Å². The van der Waals surface area contributed by atoms with Gasteiger partial charge in [-0.05, 0) is 37.1 Å². The van der Waals surface area contributed by atoms with Gasteiger partial charge < -0.3 is 5.73 Å². The zero-order valence-electron chi connectivity index (χ0n) is 7.76. The predicted molar refractivity (Wildman–Crippen MR) is 59.0 cm³/mol. The number of carbonyl (C=O) groups excluding carboxylic acids is 1. The van der Waals surface area contributed by atoms with Crippen molar-refractivity contribution in [3.63, 3.8) is 0 Å². The molecular formula is C10H11Cl2NO. The normalized spacial score (nSPS) is 12.5. The van der Waals surface area contributed by atoms with E-state index in [4.69, 9.17) is 28.9 Å². The minimum atomic E-state index is -0.450. The van der Waals surface area contributed by atoms with Gasteiger partial charge in [0.25, 0.3) is 0 Å². The lowest BCUT2D eigenvalue weighted by Crippen LogP contribution is -2.15. The Morgan fingerprint density at radius 3 is 2.71 bits per heavy atom. The first-order valence-electron chi connectivity index (χ1n) is 4.23. The third-order valence-corrected chi connectivity index (χ3v) is 2.22. The fourth-order valence-corrected chi connectivity index (χ4v) is 1.64. The quantitative estimate of drug-likeness (QED) is 0.799. The Hall–Kier alpha value is -0.730. The SMILES string of the molecule is CC(Cl)Cc1cc(Cl)ccc1C(N)=O. The Kier molecular flexibility index (Phi) is 3.78. The van der Waals surface area contributed by atoms with Gasteiger partial charge in [-0.25, -0.2) is 0 Å². The van der Waals surface area contributed by atoms with E-state index in [1.807, 2.05) is 6.92 Å². The van der Waals surface area contributed by atoms with Crippen molar-refractivity contribution < 1.29 is 4.79 Å². The number of halogens is 2. The minimum absolute atomic E-state index is 0.0495. The number of benzene rings is 1. The molecule has 76 valence electrons. The van der Waals surface area contributed by atoms with Crippen molar-refractivity contribution in [2.75, 3.05) is 0 Å². The molecule has 0 spiro atoms. The lowest BCUT2D eigenvalue weighted by molar-refractivity contribution is 0.0999. The fraction of sp³-hybridized carbons (Fsp3) is 0.300. The van der Waals surface area contributed by atoms with Crippen LogP contribution < -0.4 is 5.73 Å². The van der Waals surface area contributed by atoms with Gasteiger partial charge in [0.15, 0.2) is 0 Å². The van der Waals surface area contributed by atoms with E-state index in [0.29, 0.717) is 17.0 Å². The molecule has 1 aromatic rings. The van der Waals surface area contributed by atoms with Gasteiger partial charge in [-0.1, -0.05) is 11.6 Å². The van der Waals surface area contributed by atoms with E-state index in [1.54, 1.807) is 18.2 Å². The number of carbonyl (C=O) groups is 1. The van der Waals surface area contributed by atoms with Gasteiger partial charge in [0.05, 0.1) is 0 Å². The van der Waals surface area contributed by atoms with Gasteiger partial charge in [0, 0.05) is 16.0 Å². The number of nitrogens with two attached hydrogens (primary N) is 1. The molecule has 0 fully saturated rings. The number of alkyl halides is 1. The Balaban J connectivity index is 3.09. The third kappa shape index (κ3) is 2.89. The van der Waals surface area contributed by atoms with Gasteiger partial charge in [0.1, 0.15) is 0 Å². The van der Waals surface area contributed by atoms with E-state index < -0.39 is 5.91 Å². The van der Waals surface area contributed by atoms with Crippen LogP contribution in [0.5, 0.6) is 0 Å². The third-order valence-electron chi connectivity index (χ3n) is 1.83. The maximum Gasteiger partial charge on any atom is 0.248 e. The van der Waals surface area contributed by atoms with Crippen LogP contribution in [-0.4, -0.2) is 11.3 Å². The van der Waals surface area contributed by atoms with Gasteiger partial charge in [-0.3, -0.25) is 4.79 Å². The molecule has 2 N–H and O–H groups in total. The molecule has 1 rings (SSSR count). The van der Waals surface area contributed by atoms with Crippen LogP contribution in [0.1, 0.15) is 22.8 Å². The summed E-state index contributed by atoms with van der Waals surface area (Å²) in [6.45, 7) is 1.85. The highest BCUT2D eigenvalue weighted by Gasteiger charge is 2.10. The summed E-state index contributed by atoms with van der Waals surface area (Å²) in [5.41, 5.74) is 6.50. The van der Waals surface area contributed by atoms with Crippen molar-refractivity contribution in [3.05, 3.63) is 34.3 Å². The van der Waals surface area contributed by atoms with Gasteiger partial charge in [-0.15, -0.1) is 11.6 Å². The first-order valence-corrected chi connectivity index (χ1v) is 5.04. The Morgan fingerprint density at radius 1 is 1.57 bits per heavy atom. The molecule has 0 saturated heterocycles. The summed E-state index contributed by atoms with van der Waals surface area (Å²) in [7, 11) is 0. The van der Waals surface area contributed by atoms with Crippen LogP contribution in [0.3, 0.4) is 0 Å². The Morgan fingerprint density at radius 2 is 2.21 bits per heavy atom. The minimum Gasteiger partial charge on any atom is -0.366 e. The van der Waals surface area contributed by atoms with E-state index in [1.165, 1.54) is 0 Å². The number of hydrogen-bond acceptors (Lipinski definition) is 1. The highest BCUT2D eigenvalue weighted by molar-refractivity contribution is 6.30. The molecule has 1 unspecified atom stereocenters. The van der Waals surface area contributed by atoms with Crippen LogP contribution >= 0.6 is 23.2 Å². The lowest BCUT2D eigenvalue weighted by Gasteiger charge is -2.08. The molecule has 0 saturated carbocycles. The van der Waals surface area contributed by atoms with Crippen LogP contribution in [0.25, 0.3) is 0 Å². The zero-order chi connectivity index (χ0) is 10.7. The number of amides is 1. The van der Waals surface area contributed by atoms with E-state index >= 15 is 0 Å². The maximum atomic E-state index is 11.1. The molecule has 1 aromatic carbocycles. The lowest BCUT2D eigenvalue weighted by atomic mass is 10.0. The van der Waals surface area contributed by atoms with Crippen molar-refractivity contribution in [2.45, 2.75) is 18.7 Å². The molecule has 0 aliphatic carbocycles. The Bertz CT molecular complexity index is 350. The largest absolute Gasteiger partial charge is 0.366 e. The monoisotopic (exact) mass is 231 g/mol. The van der Waals surface area contributed by atoms with Gasteiger partial charge in [0.2, 0.25) is 5.91 Å². The summed E-state index contributed by atoms with van der Waals surface area (Å²) in [5.74, 6) is -0.450. The molecule has 2 nitrogen and oxygen atoms in total. The van der Waals surface area contributed by atoms with Crippen LogP contribution in [0.4, 0.5) is 0 Å². The summed E-state index contributed by atoms with van der Waals surface area (Å²) in [6.07, 6.45) is 0.584. The van der Waals surface area contributed by atoms with Crippen LogP contribution in [0.15, 0.2) is 18.2 Å². The maximum absolute atomic E-state index is 11.1. The molecule has 0 bridgehead atoms. The molecule has 0 aromatic heterocycles. The van der Waals surface area contributed by atoms with Crippen LogP contribution in [-0.2, 0) is 6.42 Å². The van der Waals surface area contributed by atoms with E-state index in [-0.39, 0.29) is 5.38 Å². The molecular weight excluding hydrogens is 221 g/mol. The highest BCUT2D eigenvalue weighted by Crippen LogP contribution is 2.18. The second-order valence-corrected chi connectivity index (χ2v) is 4.33. The number of rotatable bonds is 3. The second kappa shape index (κ2) is 4.67. The van der Waals surface area contributed by atoms with Crippen molar-refractivity contribution in [3.8, 4) is 0 Å². The molecule has 1 atom stereocenters. The van der Waals surface area contributed by atoms with Crippen LogP contribution in [0, 0.1) is 0 Å². The average Bonchev–Trinajstić information content (AvgIpc) is 2.01. The van der Waals surface area contributed by atoms with Crippen molar-refractivity contribution in [1.82, 2.24) is 0 Å². The first-order chi connectivity index (χ1) is 6.50. The topological polar surface area (TPSA) is 43.1 Å². The number of hydrogen-bond donors (Lipinski definition) is 1. The first kappa shape index (κ1) is 11.3. The fourth-order valence-electron chi connectivity index (χ4n) is 1.27. The summed E-state index contributed by atoms with van der Waals surface area (Å²) in [5, 5.41) is 0.536. The second-order valence-electron chi connectivity index (χ2n) is 3.15. The van der Waals surface area contributed by atoms with E-state index in [9.17, 15) is 4.79 Å². The van der Waals surface area contributed by atoms with Crippen molar-refractivity contribution in [2.24, 2.45) is 5.73 Å².